The molecule has 0 bridgehead atoms. The number of thiophene rings is 1. The second-order valence-electron chi connectivity index (χ2n) is 9.21. The van der Waals surface area contributed by atoms with Crippen molar-refractivity contribution in [3.05, 3.63) is 51.7 Å². The van der Waals surface area contributed by atoms with Crippen molar-refractivity contribution < 1.29 is 14.3 Å². The number of nitrogens with zero attached hydrogens (tertiary/aromatic N) is 2. The topological polar surface area (TPSA) is 49.9 Å². The molecule has 0 unspecified atom stereocenters. The third kappa shape index (κ3) is 5.91. The lowest BCUT2D eigenvalue weighted by Gasteiger charge is -2.37. The number of carbonyl (C=O) groups is 2. The van der Waals surface area contributed by atoms with Gasteiger partial charge in [0.2, 0.25) is 11.8 Å². The zero-order valence-electron chi connectivity index (χ0n) is 20.0. The summed E-state index contributed by atoms with van der Waals surface area (Å²) in [4.78, 5) is 30.7. The molecule has 6 heteroatoms. The zero-order valence-corrected chi connectivity index (χ0v) is 20.8. The molecule has 0 aliphatic carbocycles. The van der Waals surface area contributed by atoms with Crippen LogP contribution in [0.15, 0.2) is 35.7 Å². The van der Waals surface area contributed by atoms with E-state index in [1.807, 2.05) is 24.0 Å². The van der Waals surface area contributed by atoms with Gasteiger partial charge in [-0.3, -0.25) is 9.59 Å². The van der Waals surface area contributed by atoms with E-state index in [-0.39, 0.29) is 24.4 Å². The van der Waals surface area contributed by atoms with Crippen LogP contribution in [-0.4, -0.2) is 47.9 Å². The quantitative estimate of drug-likeness (QED) is 0.516. The van der Waals surface area contributed by atoms with E-state index in [2.05, 4.69) is 51.3 Å². The van der Waals surface area contributed by atoms with Gasteiger partial charge in [-0.05, 0) is 53.0 Å². The Balaban J connectivity index is 1.75. The average molecular weight is 457 g/mol. The van der Waals surface area contributed by atoms with Crippen LogP contribution in [0, 0.1) is 5.92 Å². The predicted molar refractivity (Wildman–Crippen MR) is 130 cm³/mol. The third-order valence-electron chi connectivity index (χ3n) is 5.94. The second-order valence-corrected chi connectivity index (χ2v) is 10.2. The maximum absolute atomic E-state index is 13.4. The molecule has 1 aromatic carbocycles. The van der Waals surface area contributed by atoms with Crippen LogP contribution >= 0.6 is 11.3 Å². The molecule has 32 heavy (non-hydrogen) atoms. The van der Waals surface area contributed by atoms with Gasteiger partial charge in [0.25, 0.3) is 0 Å². The average Bonchev–Trinajstić information content (AvgIpc) is 3.25. The number of fused-ring (bicyclic) bond motifs is 1. The molecule has 174 valence electrons. The van der Waals surface area contributed by atoms with Gasteiger partial charge in [-0.15, -0.1) is 11.3 Å². The van der Waals surface area contributed by atoms with Crippen LogP contribution in [0.4, 0.5) is 0 Å². The van der Waals surface area contributed by atoms with Crippen LogP contribution in [-0.2, 0) is 16.0 Å². The fourth-order valence-corrected chi connectivity index (χ4v) is 5.10. The Kier molecular flexibility index (Phi) is 8.35. The Labute approximate surface area is 196 Å². The summed E-state index contributed by atoms with van der Waals surface area (Å²) in [5.41, 5.74) is 2.45. The van der Waals surface area contributed by atoms with E-state index >= 15 is 0 Å². The zero-order chi connectivity index (χ0) is 23.3. The highest BCUT2D eigenvalue weighted by Gasteiger charge is 2.33. The molecule has 0 saturated carbocycles. The highest BCUT2D eigenvalue weighted by atomic mass is 32.1. The molecule has 1 aromatic heterocycles. The molecule has 0 spiro atoms. The van der Waals surface area contributed by atoms with Crippen molar-refractivity contribution in [2.45, 2.75) is 59.4 Å². The SMILES string of the molecule is CCC(=O)N(CC(=O)N1CCc2sccc2[C@@H]1COc1ccc(C(C)C)cc1)CC(C)C. The lowest BCUT2D eigenvalue weighted by atomic mass is 10.00. The molecule has 2 heterocycles. The van der Waals surface area contributed by atoms with E-state index < -0.39 is 0 Å². The van der Waals surface area contributed by atoms with Gasteiger partial charge in [0.05, 0.1) is 12.6 Å². The molecule has 0 fully saturated rings. The molecule has 2 amide bonds. The van der Waals surface area contributed by atoms with E-state index in [9.17, 15) is 9.59 Å². The van der Waals surface area contributed by atoms with Crippen LogP contribution in [0.1, 0.15) is 69.0 Å². The second kappa shape index (κ2) is 11.0. The maximum atomic E-state index is 13.4. The summed E-state index contributed by atoms with van der Waals surface area (Å²) < 4.78 is 6.16. The number of amides is 2. The van der Waals surface area contributed by atoms with Crippen molar-refractivity contribution in [2.24, 2.45) is 5.92 Å². The van der Waals surface area contributed by atoms with Crippen molar-refractivity contribution in [2.75, 3.05) is 26.2 Å². The molecule has 5 nitrogen and oxygen atoms in total. The number of hydrogen-bond acceptors (Lipinski definition) is 4. The molecule has 0 N–H and O–H groups in total. The minimum atomic E-state index is -0.139. The van der Waals surface area contributed by atoms with Crippen molar-refractivity contribution in [1.82, 2.24) is 9.80 Å². The van der Waals surface area contributed by atoms with Gasteiger partial charge in [-0.2, -0.15) is 0 Å². The van der Waals surface area contributed by atoms with Crippen LogP contribution in [0.5, 0.6) is 5.75 Å². The van der Waals surface area contributed by atoms with E-state index in [1.165, 1.54) is 16.0 Å². The Morgan fingerprint density at radius 1 is 1.16 bits per heavy atom. The van der Waals surface area contributed by atoms with E-state index in [4.69, 9.17) is 4.74 Å². The number of hydrogen-bond donors (Lipinski definition) is 0. The van der Waals surface area contributed by atoms with Crippen molar-refractivity contribution >= 4 is 23.2 Å². The first-order valence-corrected chi connectivity index (χ1v) is 12.5. The minimum absolute atomic E-state index is 0.00643. The summed E-state index contributed by atoms with van der Waals surface area (Å²) in [6.45, 7) is 12.1. The molecular weight excluding hydrogens is 420 g/mol. The summed E-state index contributed by atoms with van der Waals surface area (Å²) in [6.07, 6.45) is 1.26. The normalized spacial score (nSPS) is 15.7. The first-order valence-electron chi connectivity index (χ1n) is 11.7. The van der Waals surface area contributed by atoms with Gasteiger partial charge in [0.15, 0.2) is 0 Å². The fraction of sp³-hybridized carbons (Fsp3) is 0.538. The van der Waals surface area contributed by atoms with Gasteiger partial charge in [0, 0.05) is 24.4 Å². The van der Waals surface area contributed by atoms with E-state index in [0.29, 0.717) is 38.0 Å². The number of rotatable bonds is 9. The van der Waals surface area contributed by atoms with Gasteiger partial charge in [-0.1, -0.05) is 46.8 Å². The highest BCUT2D eigenvalue weighted by Crippen LogP contribution is 2.34. The van der Waals surface area contributed by atoms with Crippen molar-refractivity contribution in [1.29, 1.82) is 0 Å². The van der Waals surface area contributed by atoms with E-state index in [1.54, 1.807) is 16.2 Å². The molecule has 0 saturated heterocycles. The molecular formula is C26H36N2O3S. The molecule has 0 radical (unpaired) electrons. The Bertz CT molecular complexity index is 904. The van der Waals surface area contributed by atoms with E-state index in [0.717, 1.165) is 12.2 Å². The van der Waals surface area contributed by atoms with Crippen molar-refractivity contribution in [3.8, 4) is 5.75 Å². The largest absolute Gasteiger partial charge is 0.491 e. The highest BCUT2D eigenvalue weighted by molar-refractivity contribution is 7.10. The summed E-state index contributed by atoms with van der Waals surface area (Å²) in [5, 5.41) is 2.09. The first-order chi connectivity index (χ1) is 15.3. The minimum Gasteiger partial charge on any atom is -0.491 e. The van der Waals surface area contributed by atoms with Crippen LogP contribution in [0.2, 0.25) is 0 Å². The fourth-order valence-electron chi connectivity index (χ4n) is 4.17. The van der Waals surface area contributed by atoms with Crippen molar-refractivity contribution in [3.63, 3.8) is 0 Å². The van der Waals surface area contributed by atoms with Gasteiger partial charge in [-0.25, -0.2) is 0 Å². The molecule has 2 aromatic rings. The van der Waals surface area contributed by atoms with Crippen LogP contribution in [0.3, 0.4) is 0 Å². The lowest BCUT2D eigenvalue weighted by Crippen LogP contribution is -2.48. The van der Waals surface area contributed by atoms with Gasteiger partial charge >= 0.3 is 0 Å². The standard InChI is InChI=1S/C26H36N2O3S/c1-6-25(29)27(15-18(2)3)16-26(30)28-13-11-24-22(12-14-32-24)23(28)17-31-21-9-7-20(8-10-21)19(4)5/h7-10,12,14,18-19,23H,6,11,13,15-17H2,1-5H3/t23-/m0/s1. The van der Waals surface area contributed by atoms with Crippen LogP contribution < -0.4 is 4.74 Å². The maximum Gasteiger partial charge on any atom is 0.242 e. The summed E-state index contributed by atoms with van der Waals surface area (Å²) in [7, 11) is 0. The van der Waals surface area contributed by atoms with Gasteiger partial charge in [0.1, 0.15) is 12.4 Å². The number of benzene rings is 1. The Morgan fingerprint density at radius 2 is 1.88 bits per heavy atom. The lowest BCUT2D eigenvalue weighted by molar-refractivity contribution is -0.143. The number of carbonyl (C=O) groups excluding carboxylic acids is 2. The van der Waals surface area contributed by atoms with Gasteiger partial charge < -0.3 is 14.5 Å². The number of ether oxygens (including phenoxy) is 1. The predicted octanol–water partition coefficient (Wildman–Crippen LogP) is 5.27. The molecule has 1 aliphatic heterocycles. The Hall–Kier alpha value is -2.34. The third-order valence-corrected chi connectivity index (χ3v) is 6.93. The first kappa shape index (κ1) is 24.3. The summed E-state index contributed by atoms with van der Waals surface area (Å²) in [5.74, 6) is 1.62. The molecule has 1 aliphatic rings. The molecule has 1 atom stereocenters. The summed E-state index contributed by atoms with van der Waals surface area (Å²) in [6, 6.07) is 10.2. The molecule has 3 rings (SSSR count). The monoisotopic (exact) mass is 456 g/mol. The summed E-state index contributed by atoms with van der Waals surface area (Å²) >= 11 is 1.74. The van der Waals surface area contributed by atoms with Crippen LogP contribution in [0.25, 0.3) is 0 Å². The Morgan fingerprint density at radius 3 is 2.50 bits per heavy atom. The smallest absolute Gasteiger partial charge is 0.242 e.